The van der Waals surface area contributed by atoms with Gasteiger partial charge in [0.05, 0.1) is 7.11 Å². The molecule has 0 aliphatic heterocycles. The highest BCUT2D eigenvalue weighted by Gasteiger charge is 2.15. The molecule has 1 heterocycles. The number of thiophene rings is 1. The molecule has 1 aromatic heterocycles. The molecule has 0 radical (unpaired) electrons. The minimum absolute atomic E-state index is 0.0637. The van der Waals surface area contributed by atoms with Crippen molar-refractivity contribution in [2.75, 3.05) is 20.3 Å². The molecule has 140 valence electrons. The van der Waals surface area contributed by atoms with Crippen LogP contribution in [-0.4, -0.2) is 38.1 Å². The average molecular weight is 380 g/mol. The van der Waals surface area contributed by atoms with Crippen LogP contribution in [0.5, 0.6) is 11.5 Å². The highest BCUT2D eigenvalue weighted by Crippen LogP contribution is 2.17. The van der Waals surface area contributed by atoms with E-state index in [1.54, 1.807) is 38.3 Å². The Morgan fingerprint density at radius 3 is 2.50 bits per heavy atom. The van der Waals surface area contributed by atoms with Crippen LogP contribution in [0.3, 0.4) is 0 Å². The number of hydrogen-bond acceptors (Lipinski definition) is 5. The zero-order chi connectivity index (χ0) is 18.9. The molecule has 0 unspecified atom stereocenters. The van der Waals surface area contributed by atoms with Gasteiger partial charge < -0.3 is 20.1 Å². The minimum Gasteiger partial charge on any atom is -0.497 e. The number of hydrogen-bond donors (Lipinski definition) is 2. The lowest BCUT2D eigenvalue weighted by Gasteiger charge is -2.14. The zero-order valence-corrected chi connectivity index (χ0v) is 15.4. The summed E-state index contributed by atoms with van der Waals surface area (Å²) in [7, 11) is 1.57. The van der Waals surface area contributed by atoms with E-state index in [4.69, 9.17) is 9.47 Å². The summed E-state index contributed by atoms with van der Waals surface area (Å²) in [6.45, 7) is 2.07. The van der Waals surface area contributed by atoms with Crippen LogP contribution in [0.15, 0.2) is 35.7 Å². The van der Waals surface area contributed by atoms with E-state index in [9.17, 15) is 14.0 Å². The Labute approximate surface area is 155 Å². The Balaban J connectivity index is 1.64. The van der Waals surface area contributed by atoms with Gasteiger partial charge in [0, 0.05) is 12.6 Å². The van der Waals surface area contributed by atoms with Crippen molar-refractivity contribution in [2.45, 2.75) is 19.4 Å². The Hall–Kier alpha value is -2.61. The summed E-state index contributed by atoms with van der Waals surface area (Å²) in [5.41, 5.74) is 0. The molecule has 2 amide bonds. The second kappa shape index (κ2) is 9.76. The van der Waals surface area contributed by atoms with Gasteiger partial charge in [-0.25, -0.2) is 4.39 Å². The first kappa shape index (κ1) is 19.7. The summed E-state index contributed by atoms with van der Waals surface area (Å²) in [4.78, 5) is 23.7. The number of ether oxygens (including phenoxy) is 2. The SMILES string of the molecule is COc1ccc(OCC(=O)NCC[C@H](C)NC(=O)c2sccc2F)cc1. The molecule has 0 bridgehead atoms. The Kier molecular flexibility index (Phi) is 7.40. The molecule has 0 saturated heterocycles. The number of amides is 2. The molecule has 0 aliphatic rings. The van der Waals surface area contributed by atoms with E-state index < -0.39 is 11.7 Å². The minimum atomic E-state index is -0.524. The molecular formula is C18H21FN2O4S. The molecule has 0 spiro atoms. The first-order valence-electron chi connectivity index (χ1n) is 8.07. The summed E-state index contributed by atoms with van der Waals surface area (Å²) in [6, 6.07) is 7.97. The van der Waals surface area contributed by atoms with Gasteiger partial charge in [-0.2, -0.15) is 0 Å². The number of methoxy groups -OCH3 is 1. The van der Waals surface area contributed by atoms with Crippen molar-refractivity contribution in [3.05, 3.63) is 46.4 Å². The maximum Gasteiger partial charge on any atom is 0.264 e. The van der Waals surface area contributed by atoms with Crippen molar-refractivity contribution in [1.29, 1.82) is 0 Å². The van der Waals surface area contributed by atoms with E-state index in [0.717, 1.165) is 11.3 Å². The van der Waals surface area contributed by atoms with E-state index in [-0.39, 0.29) is 23.4 Å². The number of nitrogens with one attached hydrogen (secondary N) is 2. The topological polar surface area (TPSA) is 76.7 Å². The van der Waals surface area contributed by atoms with E-state index in [1.165, 1.54) is 11.4 Å². The van der Waals surface area contributed by atoms with E-state index >= 15 is 0 Å². The lowest BCUT2D eigenvalue weighted by atomic mass is 10.2. The van der Waals surface area contributed by atoms with Gasteiger partial charge in [-0.15, -0.1) is 11.3 Å². The van der Waals surface area contributed by atoms with Crippen molar-refractivity contribution in [3.8, 4) is 11.5 Å². The lowest BCUT2D eigenvalue weighted by Crippen LogP contribution is -2.37. The number of halogens is 1. The molecule has 0 saturated carbocycles. The number of benzene rings is 1. The molecule has 26 heavy (non-hydrogen) atoms. The van der Waals surface area contributed by atoms with Crippen LogP contribution in [0.25, 0.3) is 0 Å². The highest BCUT2D eigenvalue weighted by atomic mass is 32.1. The quantitative estimate of drug-likeness (QED) is 0.701. The summed E-state index contributed by atoms with van der Waals surface area (Å²) < 4.78 is 23.8. The fourth-order valence-electron chi connectivity index (χ4n) is 2.12. The number of carbonyl (C=O) groups is 2. The largest absolute Gasteiger partial charge is 0.497 e. The Morgan fingerprint density at radius 2 is 1.88 bits per heavy atom. The standard InChI is InChI=1S/C18H21FN2O4S/c1-12(21-18(23)17-15(19)8-10-26-17)7-9-20-16(22)11-25-14-5-3-13(24-2)4-6-14/h3-6,8,10,12H,7,9,11H2,1-2H3,(H,20,22)(H,21,23)/t12-/m0/s1. The van der Waals surface area contributed by atoms with Crippen molar-refractivity contribution < 1.29 is 23.5 Å². The number of carbonyl (C=O) groups excluding carboxylic acids is 2. The zero-order valence-electron chi connectivity index (χ0n) is 14.6. The van der Waals surface area contributed by atoms with Gasteiger partial charge >= 0.3 is 0 Å². The van der Waals surface area contributed by atoms with Crippen LogP contribution in [-0.2, 0) is 4.79 Å². The highest BCUT2D eigenvalue weighted by molar-refractivity contribution is 7.12. The Bertz CT molecular complexity index is 733. The van der Waals surface area contributed by atoms with Crippen molar-refractivity contribution in [3.63, 3.8) is 0 Å². The first-order valence-corrected chi connectivity index (χ1v) is 8.95. The lowest BCUT2D eigenvalue weighted by molar-refractivity contribution is -0.123. The second-order valence-corrected chi connectivity index (χ2v) is 6.49. The molecule has 2 aromatic rings. The molecule has 1 aromatic carbocycles. The van der Waals surface area contributed by atoms with Gasteiger partial charge in [0.1, 0.15) is 22.2 Å². The summed E-state index contributed by atoms with van der Waals surface area (Å²) >= 11 is 1.05. The van der Waals surface area contributed by atoms with Gasteiger partial charge in [0.2, 0.25) is 0 Å². The van der Waals surface area contributed by atoms with Gasteiger partial charge in [-0.05, 0) is 49.1 Å². The van der Waals surface area contributed by atoms with E-state index in [0.29, 0.717) is 24.5 Å². The smallest absolute Gasteiger partial charge is 0.264 e. The van der Waals surface area contributed by atoms with Crippen LogP contribution in [0.2, 0.25) is 0 Å². The normalized spacial score (nSPS) is 11.5. The number of rotatable bonds is 9. The molecule has 0 fully saturated rings. The van der Waals surface area contributed by atoms with Crippen molar-refractivity contribution in [2.24, 2.45) is 0 Å². The third-order valence-electron chi connectivity index (χ3n) is 3.53. The van der Waals surface area contributed by atoms with Crippen molar-refractivity contribution in [1.82, 2.24) is 10.6 Å². The molecule has 8 heteroatoms. The van der Waals surface area contributed by atoms with Gasteiger partial charge in [-0.3, -0.25) is 9.59 Å². The monoisotopic (exact) mass is 380 g/mol. The predicted octanol–water partition coefficient (Wildman–Crippen LogP) is 2.60. The summed E-state index contributed by atoms with van der Waals surface area (Å²) in [6.07, 6.45) is 0.521. The molecule has 1 atom stereocenters. The molecule has 0 aliphatic carbocycles. The second-order valence-electron chi connectivity index (χ2n) is 5.58. The van der Waals surface area contributed by atoms with Gasteiger partial charge in [0.15, 0.2) is 6.61 Å². The fourth-order valence-corrected chi connectivity index (χ4v) is 2.79. The van der Waals surface area contributed by atoms with Crippen LogP contribution >= 0.6 is 11.3 Å². The molecule has 6 nitrogen and oxygen atoms in total. The molecule has 2 N–H and O–H groups in total. The predicted molar refractivity (Wildman–Crippen MR) is 97.3 cm³/mol. The summed E-state index contributed by atoms with van der Waals surface area (Å²) in [5.74, 6) is 0.0475. The fraction of sp³-hybridized carbons (Fsp3) is 0.333. The first-order chi connectivity index (χ1) is 12.5. The van der Waals surface area contributed by atoms with Crippen LogP contribution in [0.4, 0.5) is 4.39 Å². The van der Waals surface area contributed by atoms with E-state index in [1.807, 2.05) is 0 Å². The van der Waals surface area contributed by atoms with Crippen LogP contribution in [0, 0.1) is 5.82 Å². The average Bonchev–Trinajstić information content (AvgIpc) is 3.06. The van der Waals surface area contributed by atoms with Gasteiger partial charge in [-0.1, -0.05) is 0 Å². The van der Waals surface area contributed by atoms with Crippen LogP contribution in [0.1, 0.15) is 23.0 Å². The third kappa shape index (κ3) is 6.03. The van der Waals surface area contributed by atoms with E-state index in [2.05, 4.69) is 10.6 Å². The molecule has 2 rings (SSSR count). The van der Waals surface area contributed by atoms with Crippen molar-refractivity contribution >= 4 is 23.2 Å². The maximum atomic E-state index is 13.3. The van der Waals surface area contributed by atoms with Crippen LogP contribution < -0.4 is 20.1 Å². The molecular weight excluding hydrogens is 359 g/mol. The Morgan fingerprint density at radius 1 is 1.19 bits per heavy atom. The third-order valence-corrected chi connectivity index (χ3v) is 4.42. The summed E-state index contributed by atoms with van der Waals surface area (Å²) in [5, 5.41) is 6.94. The van der Waals surface area contributed by atoms with Gasteiger partial charge in [0.25, 0.3) is 11.8 Å². The maximum absolute atomic E-state index is 13.3.